The van der Waals surface area contributed by atoms with Crippen molar-refractivity contribution in [2.75, 3.05) is 32.8 Å². The van der Waals surface area contributed by atoms with E-state index in [-0.39, 0.29) is 11.7 Å². The molecule has 3 fully saturated rings. The lowest BCUT2D eigenvalue weighted by molar-refractivity contribution is -0.0864. The van der Waals surface area contributed by atoms with Gasteiger partial charge in [-0.05, 0) is 25.7 Å². The van der Waals surface area contributed by atoms with Gasteiger partial charge in [0.15, 0.2) is 0 Å². The third-order valence-corrected chi connectivity index (χ3v) is 5.05. The van der Waals surface area contributed by atoms with Crippen molar-refractivity contribution in [3.63, 3.8) is 0 Å². The summed E-state index contributed by atoms with van der Waals surface area (Å²) in [6.45, 7) is 4.53. The Bertz CT molecular complexity index is 292. The van der Waals surface area contributed by atoms with Crippen molar-refractivity contribution < 1.29 is 9.47 Å². The normalized spacial score (nSPS) is 35.8. The fraction of sp³-hybridized carbons (Fsp3) is 1.00. The molecule has 3 rings (SSSR count). The maximum Gasteiger partial charge on any atom is 0.0824 e. The molecule has 4 heteroatoms. The van der Waals surface area contributed by atoms with Gasteiger partial charge in [0.05, 0.1) is 24.4 Å². The van der Waals surface area contributed by atoms with E-state index in [4.69, 9.17) is 15.2 Å². The van der Waals surface area contributed by atoms with Gasteiger partial charge < -0.3 is 15.2 Å². The summed E-state index contributed by atoms with van der Waals surface area (Å²) < 4.78 is 12.1. The van der Waals surface area contributed by atoms with Crippen molar-refractivity contribution in [3.05, 3.63) is 0 Å². The fourth-order valence-electron chi connectivity index (χ4n) is 3.96. The number of hydrogen-bond donors (Lipinski definition) is 1. The second kappa shape index (κ2) is 6.08. The lowest BCUT2D eigenvalue weighted by Crippen LogP contribution is -2.48. The molecule has 2 unspecified atom stereocenters. The fourth-order valence-corrected chi connectivity index (χ4v) is 3.96. The molecule has 4 nitrogen and oxygen atoms in total. The topological polar surface area (TPSA) is 47.7 Å². The van der Waals surface area contributed by atoms with Crippen LogP contribution in [0.25, 0.3) is 0 Å². The minimum atomic E-state index is 0.221. The van der Waals surface area contributed by atoms with Crippen molar-refractivity contribution in [2.45, 2.75) is 62.8 Å². The molecule has 1 aliphatic carbocycles. The lowest BCUT2D eigenvalue weighted by atomic mass is 9.83. The Hall–Kier alpha value is -0.160. The highest BCUT2D eigenvalue weighted by atomic mass is 16.5. The summed E-state index contributed by atoms with van der Waals surface area (Å²) in [5.41, 5.74) is 5.95. The molecule has 2 aliphatic heterocycles. The first kappa shape index (κ1) is 13.8. The first-order valence-electron chi connectivity index (χ1n) is 8.01. The predicted octanol–water partition coefficient (Wildman–Crippen LogP) is 1.53. The largest absolute Gasteiger partial charge is 0.374 e. The van der Waals surface area contributed by atoms with Crippen LogP contribution in [-0.2, 0) is 9.47 Å². The SMILES string of the molecule is NCC1CN(CC2CCC3(CCCCC3)O2)CCO1. The minimum absolute atomic E-state index is 0.221. The average Bonchev–Trinajstić information content (AvgIpc) is 2.82. The van der Waals surface area contributed by atoms with Crippen LogP contribution in [0.15, 0.2) is 0 Å². The molecule has 0 aromatic heterocycles. The summed E-state index contributed by atoms with van der Waals surface area (Å²) >= 11 is 0. The molecule has 0 bridgehead atoms. The summed E-state index contributed by atoms with van der Waals surface area (Å²) in [7, 11) is 0. The molecular weight excluding hydrogens is 240 g/mol. The van der Waals surface area contributed by atoms with E-state index in [0.717, 1.165) is 26.2 Å². The molecule has 1 spiro atoms. The summed E-state index contributed by atoms with van der Waals surface area (Å²) in [6, 6.07) is 0. The van der Waals surface area contributed by atoms with Crippen molar-refractivity contribution in [1.29, 1.82) is 0 Å². The third-order valence-electron chi connectivity index (χ3n) is 5.05. The first-order chi connectivity index (χ1) is 9.30. The van der Waals surface area contributed by atoms with E-state index in [1.165, 1.54) is 44.9 Å². The highest BCUT2D eigenvalue weighted by Crippen LogP contribution is 2.42. The van der Waals surface area contributed by atoms with Crippen LogP contribution in [0.4, 0.5) is 0 Å². The van der Waals surface area contributed by atoms with Gasteiger partial charge in [0.1, 0.15) is 0 Å². The van der Waals surface area contributed by atoms with Crippen LogP contribution >= 0.6 is 0 Å². The number of morpholine rings is 1. The molecule has 2 atom stereocenters. The second-order valence-electron chi connectivity index (χ2n) is 6.51. The van der Waals surface area contributed by atoms with Crippen LogP contribution in [-0.4, -0.2) is 55.5 Å². The number of ether oxygens (including phenoxy) is 2. The highest BCUT2D eigenvalue weighted by Gasteiger charge is 2.41. The van der Waals surface area contributed by atoms with Gasteiger partial charge >= 0.3 is 0 Å². The van der Waals surface area contributed by atoms with Crippen molar-refractivity contribution in [1.82, 2.24) is 4.90 Å². The Kier molecular flexibility index (Phi) is 4.42. The van der Waals surface area contributed by atoms with Gasteiger partial charge in [-0.3, -0.25) is 4.90 Å². The van der Waals surface area contributed by atoms with Crippen LogP contribution in [0.3, 0.4) is 0 Å². The van der Waals surface area contributed by atoms with Crippen LogP contribution < -0.4 is 5.73 Å². The zero-order valence-electron chi connectivity index (χ0n) is 12.0. The average molecular weight is 268 g/mol. The van der Waals surface area contributed by atoms with Crippen LogP contribution in [0, 0.1) is 0 Å². The maximum atomic E-state index is 6.45. The van der Waals surface area contributed by atoms with E-state index >= 15 is 0 Å². The summed E-state index contributed by atoms with van der Waals surface area (Å²) in [5, 5.41) is 0. The Morgan fingerprint density at radius 2 is 1.95 bits per heavy atom. The lowest BCUT2D eigenvalue weighted by Gasteiger charge is -2.36. The van der Waals surface area contributed by atoms with E-state index in [2.05, 4.69) is 4.90 Å². The molecule has 0 radical (unpaired) electrons. The maximum absolute atomic E-state index is 6.45. The molecule has 1 saturated carbocycles. The zero-order chi connectivity index (χ0) is 13.1. The Morgan fingerprint density at radius 3 is 2.74 bits per heavy atom. The molecule has 2 heterocycles. The Labute approximate surface area is 116 Å². The van der Waals surface area contributed by atoms with Gasteiger partial charge in [-0.1, -0.05) is 19.3 Å². The molecule has 0 amide bonds. The number of nitrogens with zero attached hydrogens (tertiary/aromatic N) is 1. The van der Waals surface area contributed by atoms with E-state index < -0.39 is 0 Å². The number of rotatable bonds is 3. The molecule has 2 N–H and O–H groups in total. The van der Waals surface area contributed by atoms with Gasteiger partial charge in [0.2, 0.25) is 0 Å². The van der Waals surface area contributed by atoms with Crippen molar-refractivity contribution >= 4 is 0 Å². The van der Waals surface area contributed by atoms with E-state index in [0.29, 0.717) is 12.6 Å². The quantitative estimate of drug-likeness (QED) is 0.843. The third kappa shape index (κ3) is 3.30. The molecule has 19 heavy (non-hydrogen) atoms. The molecular formula is C15H28N2O2. The summed E-state index contributed by atoms with van der Waals surface area (Å²) in [4.78, 5) is 2.48. The van der Waals surface area contributed by atoms with Crippen LogP contribution in [0.1, 0.15) is 44.9 Å². The Balaban J connectivity index is 1.48. The molecule has 3 aliphatic rings. The van der Waals surface area contributed by atoms with Gasteiger partial charge in [0.25, 0.3) is 0 Å². The van der Waals surface area contributed by atoms with Crippen LogP contribution in [0.2, 0.25) is 0 Å². The monoisotopic (exact) mass is 268 g/mol. The van der Waals surface area contributed by atoms with Gasteiger partial charge in [-0.25, -0.2) is 0 Å². The van der Waals surface area contributed by atoms with E-state index in [1.54, 1.807) is 0 Å². The van der Waals surface area contributed by atoms with E-state index in [9.17, 15) is 0 Å². The van der Waals surface area contributed by atoms with Crippen molar-refractivity contribution in [3.8, 4) is 0 Å². The van der Waals surface area contributed by atoms with Gasteiger partial charge in [-0.15, -0.1) is 0 Å². The van der Waals surface area contributed by atoms with E-state index in [1.807, 2.05) is 0 Å². The summed E-state index contributed by atoms with van der Waals surface area (Å²) in [5.74, 6) is 0. The molecule has 110 valence electrons. The Morgan fingerprint density at radius 1 is 1.11 bits per heavy atom. The van der Waals surface area contributed by atoms with Gasteiger partial charge in [-0.2, -0.15) is 0 Å². The minimum Gasteiger partial charge on any atom is -0.374 e. The smallest absolute Gasteiger partial charge is 0.0824 e. The second-order valence-corrected chi connectivity index (χ2v) is 6.51. The number of nitrogens with two attached hydrogens (primary N) is 1. The summed E-state index contributed by atoms with van der Waals surface area (Å²) in [6.07, 6.45) is 9.88. The van der Waals surface area contributed by atoms with Crippen molar-refractivity contribution in [2.24, 2.45) is 5.73 Å². The number of hydrogen-bond acceptors (Lipinski definition) is 4. The molecule has 0 aromatic rings. The van der Waals surface area contributed by atoms with Crippen LogP contribution in [0.5, 0.6) is 0 Å². The molecule has 0 aromatic carbocycles. The molecule has 2 saturated heterocycles. The van der Waals surface area contributed by atoms with Gasteiger partial charge in [0, 0.05) is 26.2 Å². The highest BCUT2D eigenvalue weighted by molar-refractivity contribution is 4.92. The zero-order valence-corrected chi connectivity index (χ0v) is 12.0. The predicted molar refractivity (Wildman–Crippen MR) is 75.2 cm³/mol. The first-order valence-corrected chi connectivity index (χ1v) is 8.01. The standard InChI is InChI=1S/C15H28N2O2/c16-10-14-12-17(8-9-18-14)11-13-4-7-15(19-13)5-2-1-3-6-15/h13-14H,1-12,16H2.